The highest BCUT2D eigenvalue weighted by Crippen LogP contribution is 2.15. The topological polar surface area (TPSA) is 63.5 Å². The average Bonchev–Trinajstić information content (AvgIpc) is 2.83. The highest BCUT2D eigenvalue weighted by Gasteiger charge is 2.08. The van der Waals surface area contributed by atoms with Crippen molar-refractivity contribution in [1.82, 2.24) is 20.4 Å². The van der Waals surface area contributed by atoms with Gasteiger partial charge in [0.1, 0.15) is 12.4 Å². The van der Waals surface area contributed by atoms with E-state index in [0.717, 1.165) is 35.2 Å². The Morgan fingerprint density at radius 3 is 2.50 bits per heavy atom. The number of guanidine groups is 1. The number of nitrogens with one attached hydrogen (secondary N) is 2. The van der Waals surface area contributed by atoms with E-state index < -0.39 is 0 Å². The molecule has 8 heteroatoms. The van der Waals surface area contributed by atoms with Crippen molar-refractivity contribution in [3.8, 4) is 5.75 Å². The molecule has 0 fully saturated rings. The number of aliphatic imine (C=N–C) groups is 1. The van der Waals surface area contributed by atoms with Gasteiger partial charge >= 0.3 is 0 Å². The molecule has 26 heavy (non-hydrogen) atoms. The van der Waals surface area contributed by atoms with Crippen LogP contribution in [0.1, 0.15) is 23.9 Å². The van der Waals surface area contributed by atoms with E-state index in [1.54, 1.807) is 0 Å². The number of aryl methyl sites for hydroxylation is 2. The Balaban J connectivity index is 0.00000338. The average molecular weight is 492 g/mol. The molecule has 1 aromatic carbocycles. The normalized spacial score (nSPS) is 11.0. The van der Waals surface area contributed by atoms with Crippen molar-refractivity contribution in [1.29, 1.82) is 0 Å². The van der Waals surface area contributed by atoms with Crippen LogP contribution in [0.15, 0.2) is 29.3 Å². The second-order valence-corrected chi connectivity index (χ2v) is 6.13. The summed E-state index contributed by atoms with van der Waals surface area (Å²) in [5.41, 5.74) is 3.32. The Bertz CT molecular complexity index is 715. The number of hydrogen-bond acceptors (Lipinski definition) is 3. The van der Waals surface area contributed by atoms with Gasteiger partial charge in [-0.2, -0.15) is 5.10 Å². The van der Waals surface area contributed by atoms with Gasteiger partial charge in [0.15, 0.2) is 5.96 Å². The Hall–Kier alpha value is -1.48. The van der Waals surface area contributed by atoms with Crippen molar-refractivity contribution < 1.29 is 4.74 Å². The Labute approximate surface area is 177 Å². The van der Waals surface area contributed by atoms with Gasteiger partial charge in [-0.25, -0.2) is 4.99 Å². The molecule has 6 nitrogen and oxygen atoms in total. The maximum absolute atomic E-state index is 5.86. The van der Waals surface area contributed by atoms with Gasteiger partial charge in [-0.05, 0) is 45.0 Å². The number of halogens is 2. The summed E-state index contributed by atoms with van der Waals surface area (Å²) in [4.78, 5) is 4.64. The molecule has 0 amide bonds. The third-order valence-electron chi connectivity index (χ3n) is 3.88. The fourth-order valence-corrected chi connectivity index (χ4v) is 2.54. The molecule has 0 aliphatic rings. The van der Waals surface area contributed by atoms with Gasteiger partial charge in [-0.1, -0.05) is 11.6 Å². The van der Waals surface area contributed by atoms with E-state index in [-0.39, 0.29) is 24.0 Å². The van der Waals surface area contributed by atoms with Crippen molar-refractivity contribution in [2.45, 2.75) is 27.3 Å². The summed E-state index contributed by atoms with van der Waals surface area (Å²) < 4.78 is 7.57. The molecule has 2 N–H and O–H groups in total. The van der Waals surface area contributed by atoms with Gasteiger partial charge in [0, 0.05) is 29.9 Å². The Morgan fingerprint density at radius 1 is 1.23 bits per heavy atom. The summed E-state index contributed by atoms with van der Waals surface area (Å²) >= 11 is 5.86. The zero-order chi connectivity index (χ0) is 18.2. The predicted octanol–water partition coefficient (Wildman–Crippen LogP) is 3.44. The van der Waals surface area contributed by atoms with Gasteiger partial charge in [0.05, 0.1) is 18.8 Å². The molecule has 0 spiro atoms. The fourth-order valence-electron chi connectivity index (χ4n) is 2.42. The first kappa shape index (κ1) is 22.6. The van der Waals surface area contributed by atoms with E-state index in [2.05, 4.69) is 27.6 Å². The quantitative estimate of drug-likeness (QED) is 0.270. The summed E-state index contributed by atoms with van der Waals surface area (Å²) in [6.45, 7) is 8.70. The van der Waals surface area contributed by atoms with Gasteiger partial charge in [-0.3, -0.25) is 4.68 Å². The van der Waals surface area contributed by atoms with E-state index in [0.29, 0.717) is 24.7 Å². The van der Waals surface area contributed by atoms with Crippen molar-refractivity contribution in [2.24, 2.45) is 12.0 Å². The van der Waals surface area contributed by atoms with Crippen molar-refractivity contribution >= 4 is 41.5 Å². The fraction of sp³-hybridized carbons (Fsp3) is 0.444. The number of rotatable bonds is 7. The van der Waals surface area contributed by atoms with E-state index in [1.807, 2.05) is 49.8 Å². The summed E-state index contributed by atoms with van der Waals surface area (Å²) in [5.74, 6) is 1.57. The first-order valence-corrected chi connectivity index (χ1v) is 8.78. The molecule has 144 valence electrons. The van der Waals surface area contributed by atoms with E-state index >= 15 is 0 Å². The first-order chi connectivity index (χ1) is 12.0. The van der Waals surface area contributed by atoms with Crippen LogP contribution in [0.2, 0.25) is 5.02 Å². The minimum absolute atomic E-state index is 0. The summed E-state index contributed by atoms with van der Waals surface area (Å²) in [6.07, 6.45) is 0. The van der Waals surface area contributed by atoms with Crippen molar-refractivity contribution in [3.63, 3.8) is 0 Å². The highest BCUT2D eigenvalue weighted by atomic mass is 127. The lowest BCUT2D eigenvalue weighted by Gasteiger charge is -2.12. The number of nitrogens with zero attached hydrogens (tertiary/aromatic N) is 3. The number of aromatic nitrogens is 2. The lowest BCUT2D eigenvalue weighted by atomic mass is 10.2. The Morgan fingerprint density at radius 2 is 1.92 bits per heavy atom. The molecule has 0 unspecified atom stereocenters. The lowest BCUT2D eigenvalue weighted by molar-refractivity contribution is 0.322. The minimum Gasteiger partial charge on any atom is -0.492 e. The van der Waals surface area contributed by atoms with Crippen LogP contribution in [-0.2, 0) is 13.6 Å². The van der Waals surface area contributed by atoms with Crippen LogP contribution >= 0.6 is 35.6 Å². The molecule has 0 saturated heterocycles. The standard InChI is InChI=1S/C18H26ClN5O.HI/c1-5-20-18(22-12-17-13(2)23-24(4)14(17)3)21-10-11-25-16-8-6-15(19)7-9-16;/h6-9H,5,10-12H2,1-4H3,(H2,20,21,22);1H. The van der Waals surface area contributed by atoms with E-state index in [9.17, 15) is 0 Å². The van der Waals surface area contributed by atoms with Crippen LogP contribution in [0, 0.1) is 13.8 Å². The SMILES string of the molecule is CCNC(=NCc1c(C)nn(C)c1C)NCCOc1ccc(Cl)cc1.I. The molecule has 1 aromatic heterocycles. The molecule has 0 bridgehead atoms. The predicted molar refractivity (Wildman–Crippen MR) is 118 cm³/mol. The van der Waals surface area contributed by atoms with Crippen LogP contribution in [0.3, 0.4) is 0 Å². The van der Waals surface area contributed by atoms with Crippen molar-refractivity contribution in [2.75, 3.05) is 19.7 Å². The summed E-state index contributed by atoms with van der Waals surface area (Å²) in [5, 5.41) is 11.7. The molecule has 0 aliphatic heterocycles. The second kappa shape index (κ2) is 11.3. The second-order valence-electron chi connectivity index (χ2n) is 5.70. The zero-order valence-corrected chi connectivity index (χ0v) is 18.8. The minimum atomic E-state index is 0. The monoisotopic (exact) mass is 491 g/mol. The summed E-state index contributed by atoms with van der Waals surface area (Å²) in [7, 11) is 1.95. The van der Waals surface area contributed by atoms with E-state index in [1.165, 1.54) is 0 Å². The third-order valence-corrected chi connectivity index (χ3v) is 4.13. The van der Waals surface area contributed by atoms with Gasteiger partial charge < -0.3 is 15.4 Å². The molecule has 0 atom stereocenters. The first-order valence-electron chi connectivity index (χ1n) is 8.41. The maximum Gasteiger partial charge on any atom is 0.191 e. The zero-order valence-electron chi connectivity index (χ0n) is 15.7. The Kier molecular flexibility index (Phi) is 9.79. The molecule has 1 heterocycles. The smallest absolute Gasteiger partial charge is 0.191 e. The van der Waals surface area contributed by atoms with Gasteiger partial charge in [0.25, 0.3) is 0 Å². The number of ether oxygens (including phenoxy) is 1. The van der Waals surface area contributed by atoms with Crippen LogP contribution in [-0.4, -0.2) is 35.4 Å². The largest absolute Gasteiger partial charge is 0.492 e. The van der Waals surface area contributed by atoms with Crippen LogP contribution in [0.4, 0.5) is 0 Å². The van der Waals surface area contributed by atoms with Gasteiger partial charge in [0.2, 0.25) is 0 Å². The van der Waals surface area contributed by atoms with Crippen LogP contribution in [0.25, 0.3) is 0 Å². The molecular weight excluding hydrogens is 465 g/mol. The number of benzene rings is 1. The third kappa shape index (κ3) is 6.68. The van der Waals surface area contributed by atoms with Gasteiger partial charge in [-0.15, -0.1) is 24.0 Å². The highest BCUT2D eigenvalue weighted by molar-refractivity contribution is 14.0. The van der Waals surface area contributed by atoms with Crippen molar-refractivity contribution in [3.05, 3.63) is 46.2 Å². The lowest BCUT2D eigenvalue weighted by Crippen LogP contribution is -2.39. The molecule has 0 saturated carbocycles. The molecular formula is C18H27ClIN5O. The van der Waals surface area contributed by atoms with Crippen LogP contribution < -0.4 is 15.4 Å². The van der Waals surface area contributed by atoms with Crippen LogP contribution in [0.5, 0.6) is 5.75 Å². The number of hydrogen-bond donors (Lipinski definition) is 2. The summed E-state index contributed by atoms with van der Waals surface area (Å²) in [6, 6.07) is 7.34. The maximum atomic E-state index is 5.86. The molecule has 0 radical (unpaired) electrons. The molecule has 2 rings (SSSR count). The molecule has 0 aliphatic carbocycles. The van der Waals surface area contributed by atoms with E-state index in [4.69, 9.17) is 16.3 Å². The molecule has 2 aromatic rings.